The van der Waals surface area contributed by atoms with Crippen molar-refractivity contribution in [1.82, 2.24) is 4.90 Å². The minimum Gasteiger partial charge on any atom is -0.371 e. The van der Waals surface area contributed by atoms with E-state index in [0.717, 1.165) is 25.9 Å². The molecule has 104 valence electrons. The number of halogens is 3. The molecule has 1 aromatic carbocycles. The lowest BCUT2D eigenvalue weighted by molar-refractivity contribution is -0.130. The molecule has 1 unspecified atom stereocenters. The van der Waals surface area contributed by atoms with Crippen LogP contribution in [-0.2, 0) is 4.79 Å². The maximum Gasteiger partial charge on any atom is 0.244 e. The Hall–Kier alpha value is -1.00. The first-order valence-electron chi connectivity index (χ1n) is 6.19. The third-order valence-corrected chi connectivity index (χ3v) is 3.75. The summed E-state index contributed by atoms with van der Waals surface area (Å²) in [5, 5.41) is 3.31. The van der Waals surface area contributed by atoms with Gasteiger partial charge in [0.1, 0.15) is 11.9 Å². The van der Waals surface area contributed by atoms with E-state index in [4.69, 9.17) is 23.2 Å². The van der Waals surface area contributed by atoms with Gasteiger partial charge in [-0.05, 0) is 31.9 Å². The van der Waals surface area contributed by atoms with Crippen molar-refractivity contribution in [2.45, 2.75) is 25.8 Å². The first-order valence-corrected chi connectivity index (χ1v) is 6.94. The number of carbonyl (C=O) groups is 1. The topological polar surface area (TPSA) is 32.3 Å². The fraction of sp³-hybridized carbons (Fsp3) is 0.462. The quantitative estimate of drug-likeness (QED) is 0.926. The monoisotopic (exact) mass is 304 g/mol. The predicted molar refractivity (Wildman–Crippen MR) is 75.3 cm³/mol. The number of nitrogens with zero attached hydrogens (tertiary/aromatic N) is 1. The number of rotatable bonds is 3. The number of carbonyl (C=O) groups excluding carboxylic acids is 1. The molecule has 0 bridgehead atoms. The van der Waals surface area contributed by atoms with Crippen molar-refractivity contribution in [1.29, 1.82) is 0 Å². The number of likely N-dealkylation sites (tertiary alicyclic amines) is 1. The zero-order valence-corrected chi connectivity index (χ0v) is 12.1. The summed E-state index contributed by atoms with van der Waals surface area (Å²) in [4.78, 5) is 14.0. The van der Waals surface area contributed by atoms with Gasteiger partial charge in [-0.25, -0.2) is 4.39 Å². The van der Waals surface area contributed by atoms with Crippen LogP contribution in [0, 0.1) is 5.82 Å². The minimum atomic E-state index is -0.501. The summed E-state index contributed by atoms with van der Waals surface area (Å²) >= 11 is 11.9. The van der Waals surface area contributed by atoms with Gasteiger partial charge >= 0.3 is 0 Å². The highest BCUT2D eigenvalue weighted by Crippen LogP contribution is 2.32. The number of anilines is 1. The van der Waals surface area contributed by atoms with Crippen molar-refractivity contribution in [2.24, 2.45) is 0 Å². The molecule has 1 aliphatic heterocycles. The summed E-state index contributed by atoms with van der Waals surface area (Å²) in [6.07, 6.45) is 2.08. The Labute approximate surface area is 121 Å². The highest BCUT2D eigenvalue weighted by Gasteiger charge is 2.24. The average molecular weight is 305 g/mol. The van der Waals surface area contributed by atoms with Crippen LogP contribution in [0.25, 0.3) is 0 Å². The Morgan fingerprint density at radius 1 is 1.32 bits per heavy atom. The maximum atomic E-state index is 13.1. The Bertz CT molecular complexity index is 467. The fourth-order valence-electron chi connectivity index (χ4n) is 2.17. The summed E-state index contributed by atoms with van der Waals surface area (Å²) in [5.41, 5.74) is 0.393. The normalized spacial score (nSPS) is 16.5. The third kappa shape index (κ3) is 3.31. The van der Waals surface area contributed by atoms with E-state index in [1.54, 1.807) is 6.92 Å². The van der Waals surface area contributed by atoms with Crippen molar-refractivity contribution in [3.05, 3.63) is 28.0 Å². The first-order chi connectivity index (χ1) is 8.99. The lowest BCUT2D eigenvalue weighted by Crippen LogP contribution is -2.39. The van der Waals surface area contributed by atoms with E-state index in [1.165, 1.54) is 12.1 Å². The molecular weight excluding hydrogens is 290 g/mol. The smallest absolute Gasteiger partial charge is 0.244 e. The van der Waals surface area contributed by atoms with E-state index in [9.17, 15) is 9.18 Å². The molecule has 1 N–H and O–H groups in total. The van der Waals surface area contributed by atoms with Crippen molar-refractivity contribution >= 4 is 34.8 Å². The van der Waals surface area contributed by atoms with Crippen molar-refractivity contribution < 1.29 is 9.18 Å². The van der Waals surface area contributed by atoms with Crippen LogP contribution in [0.3, 0.4) is 0 Å². The van der Waals surface area contributed by atoms with Gasteiger partial charge in [0.05, 0.1) is 15.7 Å². The molecule has 6 heteroatoms. The van der Waals surface area contributed by atoms with Crippen molar-refractivity contribution in [2.75, 3.05) is 18.4 Å². The Morgan fingerprint density at radius 2 is 1.84 bits per heavy atom. The molecule has 1 fully saturated rings. The van der Waals surface area contributed by atoms with Crippen LogP contribution in [0.4, 0.5) is 10.1 Å². The third-order valence-electron chi connectivity index (χ3n) is 3.16. The van der Waals surface area contributed by atoms with Gasteiger partial charge in [-0.3, -0.25) is 4.79 Å². The van der Waals surface area contributed by atoms with E-state index < -0.39 is 11.9 Å². The van der Waals surface area contributed by atoms with E-state index in [0.29, 0.717) is 5.69 Å². The van der Waals surface area contributed by atoms with Crippen LogP contribution in [-0.4, -0.2) is 29.9 Å². The summed E-state index contributed by atoms with van der Waals surface area (Å²) in [5.74, 6) is -0.493. The molecule has 1 aromatic rings. The zero-order valence-electron chi connectivity index (χ0n) is 10.5. The Morgan fingerprint density at radius 3 is 2.37 bits per heavy atom. The van der Waals surface area contributed by atoms with Gasteiger partial charge in [0.25, 0.3) is 0 Å². The van der Waals surface area contributed by atoms with Crippen LogP contribution >= 0.6 is 23.2 Å². The minimum absolute atomic E-state index is 0.00829. The molecule has 3 nitrogen and oxygen atoms in total. The molecule has 1 aliphatic rings. The second-order valence-electron chi connectivity index (χ2n) is 4.64. The molecule has 0 aliphatic carbocycles. The zero-order chi connectivity index (χ0) is 14.0. The first kappa shape index (κ1) is 14.4. The highest BCUT2D eigenvalue weighted by atomic mass is 35.5. The van der Waals surface area contributed by atoms with Crippen LogP contribution < -0.4 is 5.32 Å². The average Bonchev–Trinajstić information content (AvgIpc) is 2.86. The summed E-state index contributed by atoms with van der Waals surface area (Å²) in [7, 11) is 0. The largest absolute Gasteiger partial charge is 0.371 e. The van der Waals surface area contributed by atoms with E-state index >= 15 is 0 Å². The number of hydrogen-bond donors (Lipinski definition) is 1. The van der Waals surface area contributed by atoms with Gasteiger partial charge in [0.2, 0.25) is 5.91 Å². The van der Waals surface area contributed by atoms with Gasteiger partial charge in [0, 0.05) is 13.1 Å². The van der Waals surface area contributed by atoms with E-state index in [2.05, 4.69) is 5.32 Å². The summed E-state index contributed by atoms with van der Waals surface area (Å²) in [6.45, 7) is 3.32. The highest BCUT2D eigenvalue weighted by molar-refractivity contribution is 6.39. The number of benzene rings is 1. The van der Waals surface area contributed by atoms with Gasteiger partial charge < -0.3 is 10.2 Å². The van der Waals surface area contributed by atoms with Crippen molar-refractivity contribution in [3.8, 4) is 0 Å². The van der Waals surface area contributed by atoms with Crippen LogP contribution in [0.2, 0.25) is 10.0 Å². The SMILES string of the molecule is CC(Nc1c(Cl)cc(F)cc1Cl)C(=O)N1CCCC1. The molecule has 1 heterocycles. The van der Waals surface area contributed by atoms with Crippen LogP contribution in [0.15, 0.2) is 12.1 Å². The Kier molecular flexibility index (Phi) is 4.53. The standard InChI is InChI=1S/C13H15Cl2FN2O/c1-8(13(19)18-4-2-3-5-18)17-12-10(14)6-9(16)7-11(12)15/h6-8,17H,2-5H2,1H3. The molecule has 2 rings (SSSR count). The van der Waals surface area contributed by atoms with Gasteiger partial charge in [-0.15, -0.1) is 0 Å². The lowest BCUT2D eigenvalue weighted by atomic mass is 10.2. The van der Waals surface area contributed by atoms with Crippen molar-refractivity contribution in [3.63, 3.8) is 0 Å². The summed E-state index contributed by atoms with van der Waals surface area (Å²) in [6, 6.07) is 1.89. The maximum absolute atomic E-state index is 13.1. The molecule has 0 radical (unpaired) electrons. The molecule has 19 heavy (non-hydrogen) atoms. The molecule has 0 spiro atoms. The molecular formula is C13H15Cl2FN2O. The molecule has 1 amide bonds. The molecule has 1 saturated heterocycles. The number of hydrogen-bond acceptors (Lipinski definition) is 2. The number of nitrogens with one attached hydrogen (secondary N) is 1. The van der Waals surface area contributed by atoms with Gasteiger partial charge in [-0.1, -0.05) is 23.2 Å². The van der Waals surface area contributed by atoms with Gasteiger partial charge in [-0.2, -0.15) is 0 Å². The van der Waals surface area contributed by atoms with Gasteiger partial charge in [0.15, 0.2) is 0 Å². The predicted octanol–water partition coefficient (Wildman–Crippen LogP) is 3.56. The summed E-state index contributed by atoms with van der Waals surface area (Å²) < 4.78 is 13.1. The molecule has 0 saturated carbocycles. The Balaban J connectivity index is 2.10. The van der Waals surface area contributed by atoms with Crippen LogP contribution in [0.5, 0.6) is 0 Å². The second-order valence-corrected chi connectivity index (χ2v) is 5.46. The molecule has 1 atom stereocenters. The molecule has 0 aromatic heterocycles. The number of amides is 1. The fourth-order valence-corrected chi connectivity index (χ4v) is 2.74. The second kappa shape index (κ2) is 5.97. The lowest BCUT2D eigenvalue weighted by Gasteiger charge is -2.22. The van der Waals surface area contributed by atoms with E-state index in [1.807, 2.05) is 4.90 Å². The van der Waals surface area contributed by atoms with Crippen LogP contribution in [0.1, 0.15) is 19.8 Å². The van der Waals surface area contributed by atoms with E-state index in [-0.39, 0.29) is 16.0 Å².